The number of nitrogens with zero attached hydrogens (tertiary/aromatic N) is 2. The number of para-hydroxylation sites is 2. The van der Waals surface area contributed by atoms with Crippen molar-refractivity contribution in [2.75, 3.05) is 6.54 Å². The summed E-state index contributed by atoms with van der Waals surface area (Å²) < 4.78 is 1.87. The molecule has 0 spiro atoms. The molecule has 0 aliphatic carbocycles. The Kier molecular flexibility index (Phi) is 4.74. The van der Waals surface area contributed by atoms with Crippen molar-refractivity contribution < 1.29 is 9.90 Å². The fraction of sp³-hybridized carbons (Fsp3) is 0.467. The van der Waals surface area contributed by atoms with E-state index in [-0.39, 0.29) is 18.1 Å². The molecule has 2 N–H and O–H groups in total. The Labute approximate surface area is 118 Å². The number of carbonyl (C=O) groups excluding carboxylic acids is 1. The Balaban J connectivity index is 1.96. The third-order valence-electron chi connectivity index (χ3n) is 3.38. The van der Waals surface area contributed by atoms with E-state index in [0.29, 0.717) is 13.0 Å². The number of hydrogen-bond donors (Lipinski definition) is 2. The molecule has 2 atom stereocenters. The van der Waals surface area contributed by atoms with Gasteiger partial charge in [-0.25, -0.2) is 4.98 Å². The predicted octanol–water partition coefficient (Wildman–Crippen LogP) is 1.87. The summed E-state index contributed by atoms with van der Waals surface area (Å²) in [6.07, 6.45) is 2.86. The topological polar surface area (TPSA) is 67.2 Å². The Morgan fingerprint density at radius 3 is 2.90 bits per heavy atom. The van der Waals surface area contributed by atoms with E-state index >= 15 is 0 Å². The Morgan fingerprint density at radius 1 is 1.40 bits per heavy atom. The Hall–Kier alpha value is -1.88. The highest BCUT2D eigenvalue weighted by Crippen LogP contribution is 2.17. The van der Waals surface area contributed by atoms with Crippen LogP contribution in [0.5, 0.6) is 0 Å². The number of imidazole rings is 1. The van der Waals surface area contributed by atoms with Gasteiger partial charge in [0, 0.05) is 6.54 Å². The SMILES string of the molecule is CC(O)CCCNC(=O)C(C)n1cnc2ccccc21. The van der Waals surface area contributed by atoms with E-state index in [9.17, 15) is 9.90 Å². The lowest BCUT2D eigenvalue weighted by molar-refractivity contribution is -0.123. The van der Waals surface area contributed by atoms with Crippen molar-refractivity contribution in [3.63, 3.8) is 0 Å². The van der Waals surface area contributed by atoms with Crippen LogP contribution in [0.25, 0.3) is 11.0 Å². The van der Waals surface area contributed by atoms with Crippen LogP contribution in [0.1, 0.15) is 32.7 Å². The van der Waals surface area contributed by atoms with Crippen LogP contribution in [-0.2, 0) is 4.79 Å². The van der Waals surface area contributed by atoms with Gasteiger partial charge in [0.05, 0.1) is 23.5 Å². The molecule has 1 aromatic heterocycles. The van der Waals surface area contributed by atoms with E-state index in [1.165, 1.54) is 0 Å². The summed E-state index contributed by atoms with van der Waals surface area (Å²) >= 11 is 0. The molecular formula is C15H21N3O2. The minimum atomic E-state index is -0.318. The summed E-state index contributed by atoms with van der Waals surface area (Å²) in [6.45, 7) is 4.20. The van der Waals surface area contributed by atoms with E-state index < -0.39 is 0 Å². The molecule has 2 aromatic rings. The first kappa shape index (κ1) is 14.5. The summed E-state index contributed by atoms with van der Waals surface area (Å²) in [7, 11) is 0. The maximum absolute atomic E-state index is 12.1. The van der Waals surface area contributed by atoms with Gasteiger partial charge < -0.3 is 15.0 Å². The second-order valence-electron chi connectivity index (χ2n) is 5.10. The fourth-order valence-corrected chi connectivity index (χ4v) is 2.17. The molecule has 0 fully saturated rings. The first-order valence-corrected chi connectivity index (χ1v) is 6.97. The number of aromatic nitrogens is 2. The average Bonchev–Trinajstić information content (AvgIpc) is 2.86. The fourth-order valence-electron chi connectivity index (χ4n) is 2.17. The van der Waals surface area contributed by atoms with Crippen LogP contribution >= 0.6 is 0 Å². The number of amides is 1. The number of fused-ring (bicyclic) bond motifs is 1. The highest BCUT2D eigenvalue weighted by atomic mass is 16.3. The summed E-state index contributed by atoms with van der Waals surface area (Å²) in [6, 6.07) is 7.46. The summed E-state index contributed by atoms with van der Waals surface area (Å²) in [4.78, 5) is 16.4. The van der Waals surface area contributed by atoms with Gasteiger partial charge in [0.25, 0.3) is 0 Å². The zero-order valence-electron chi connectivity index (χ0n) is 11.9. The molecule has 1 amide bonds. The summed E-state index contributed by atoms with van der Waals surface area (Å²) in [5.74, 6) is -0.0289. The molecule has 0 aliphatic rings. The highest BCUT2D eigenvalue weighted by molar-refractivity contribution is 5.83. The first-order chi connectivity index (χ1) is 9.59. The van der Waals surface area contributed by atoms with Crippen LogP contribution in [-0.4, -0.2) is 33.2 Å². The van der Waals surface area contributed by atoms with Crippen molar-refractivity contribution in [1.29, 1.82) is 0 Å². The predicted molar refractivity (Wildman–Crippen MR) is 78.4 cm³/mol. The first-order valence-electron chi connectivity index (χ1n) is 6.97. The monoisotopic (exact) mass is 275 g/mol. The van der Waals surface area contributed by atoms with Gasteiger partial charge in [-0.3, -0.25) is 4.79 Å². The number of hydrogen-bond acceptors (Lipinski definition) is 3. The van der Waals surface area contributed by atoms with Crippen LogP contribution in [0.3, 0.4) is 0 Å². The summed E-state index contributed by atoms with van der Waals surface area (Å²) in [5.41, 5.74) is 1.85. The third-order valence-corrected chi connectivity index (χ3v) is 3.38. The minimum Gasteiger partial charge on any atom is -0.393 e. The van der Waals surface area contributed by atoms with Gasteiger partial charge in [-0.05, 0) is 38.8 Å². The van der Waals surface area contributed by atoms with Crippen molar-refractivity contribution in [3.05, 3.63) is 30.6 Å². The van der Waals surface area contributed by atoms with Crippen molar-refractivity contribution in [1.82, 2.24) is 14.9 Å². The number of nitrogens with one attached hydrogen (secondary N) is 1. The molecule has 0 saturated heterocycles. The second-order valence-corrected chi connectivity index (χ2v) is 5.10. The van der Waals surface area contributed by atoms with Crippen LogP contribution < -0.4 is 5.32 Å². The lowest BCUT2D eigenvalue weighted by Gasteiger charge is -2.14. The van der Waals surface area contributed by atoms with Crippen LogP contribution in [0.2, 0.25) is 0 Å². The molecule has 20 heavy (non-hydrogen) atoms. The second kappa shape index (κ2) is 6.52. The number of aliphatic hydroxyl groups is 1. The van der Waals surface area contributed by atoms with E-state index in [4.69, 9.17) is 0 Å². The largest absolute Gasteiger partial charge is 0.393 e. The van der Waals surface area contributed by atoms with Crippen LogP contribution in [0, 0.1) is 0 Å². The van der Waals surface area contributed by atoms with E-state index in [2.05, 4.69) is 10.3 Å². The van der Waals surface area contributed by atoms with Crippen LogP contribution in [0.4, 0.5) is 0 Å². The third kappa shape index (κ3) is 3.36. The van der Waals surface area contributed by atoms with E-state index in [1.54, 1.807) is 13.3 Å². The molecule has 5 heteroatoms. The van der Waals surface area contributed by atoms with Crippen molar-refractivity contribution in [2.45, 2.75) is 38.8 Å². The zero-order valence-corrected chi connectivity index (χ0v) is 11.9. The number of carbonyl (C=O) groups is 1. The van der Waals surface area contributed by atoms with Gasteiger partial charge in [-0.1, -0.05) is 12.1 Å². The van der Waals surface area contributed by atoms with E-state index in [0.717, 1.165) is 17.5 Å². The maximum Gasteiger partial charge on any atom is 0.242 e. The van der Waals surface area contributed by atoms with Crippen molar-refractivity contribution >= 4 is 16.9 Å². The standard InChI is InChI=1S/C15H21N3O2/c1-11(19)6-5-9-16-15(20)12(2)18-10-17-13-7-3-4-8-14(13)18/h3-4,7-8,10-12,19H,5-6,9H2,1-2H3,(H,16,20). The summed E-state index contributed by atoms with van der Waals surface area (Å²) in [5, 5.41) is 12.1. The quantitative estimate of drug-likeness (QED) is 0.791. The molecule has 108 valence electrons. The molecule has 2 unspecified atom stereocenters. The molecule has 2 rings (SSSR count). The van der Waals surface area contributed by atoms with Gasteiger partial charge in [0.2, 0.25) is 5.91 Å². The van der Waals surface area contributed by atoms with Gasteiger partial charge in [0.1, 0.15) is 6.04 Å². The molecule has 5 nitrogen and oxygen atoms in total. The molecule has 1 heterocycles. The van der Waals surface area contributed by atoms with Gasteiger partial charge in [-0.15, -0.1) is 0 Å². The highest BCUT2D eigenvalue weighted by Gasteiger charge is 2.16. The molecule has 0 radical (unpaired) electrons. The smallest absolute Gasteiger partial charge is 0.242 e. The number of rotatable bonds is 6. The lowest BCUT2D eigenvalue weighted by Crippen LogP contribution is -2.31. The van der Waals surface area contributed by atoms with Crippen molar-refractivity contribution in [2.24, 2.45) is 0 Å². The molecule has 1 aromatic carbocycles. The van der Waals surface area contributed by atoms with Gasteiger partial charge in [0.15, 0.2) is 0 Å². The number of benzene rings is 1. The molecule has 0 saturated carbocycles. The number of aliphatic hydroxyl groups excluding tert-OH is 1. The van der Waals surface area contributed by atoms with Gasteiger partial charge >= 0.3 is 0 Å². The molecule has 0 bridgehead atoms. The Bertz CT molecular complexity index is 577. The van der Waals surface area contributed by atoms with Gasteiger partial charge in [-0.2, -0.15) is 0 Å². The molecular weight excluding hydrogens is 254 g/mol. The Morgan fingerprint density at radius 2 is 2.15 bits per heavy atom. The normalized spacial score (nSPS) is 14.2. The lowest BCUT2D eigenvalue weighted by atomic mass is 10.2. The average molecular weight is 275 g/mol. The maximum atomic E-state index is 12.1. The van der Waals surface area contributed by atoms with E-state index in [1.807, 2.05) is 35.8 Å². The van der Waals surface area contributed by atoms with Crippen molar-refractivity contribution in [3.8, 4) is 0 Å². The van der Waals surface area contributed by atoms with Crippen LogP contribution in [0.15, 0.2) is 30.6 Å². The zero-order chi connectivity index (χ0) is 14.5. The minimum absolute atomic E-state index is 0.0289. The molecule has 0 aliphatic heterocycles.